The van der Waals surface area contributed by atoms with Gasteiger partial charge in [-0.2, -0.15) is 0 Å². The summed E-state index contributed by atoms with van der Waals surface area (Å²) in [5, 5.41) is 13.3. The quantitative estimate of drug-likeness (QED) is 0.571. The van der Waals surface area contributed by atoms with Crippen molar-refractivity contribution >= 4 is 11.9 Å². The molecule has 2 aromatic rings. The van der Waals surface area contributed by atoms with Crippen molar-refractivity contribution in [1.29, 1.82) is 0 Å². The van der Waals surface area contributed by atoms with Crippen LogP contribution in [0.25, 0.3) is 0 Å². The third-order valence-electron chi connectivity index (χ3n) is 5.06. The van der Waals surface area contributed by atoms with Crippen molar-refractivity contribution in [2.45, 2.75) is 57.7 Å². The highest BCUT2D eigenvalue weighted by Gasteiger charge is 2.47. The van der Waals surface area contributed by atoms with E-state index in [1.807, 2.05) is 60.7 Å². The van der Waals surface area contributed by atoms with Crippen molar-refractivity contribution in [2.75, 3.05) is 6.61 Å². The number of nitrogens with one attached hydrogen (secondary N) is 1. The summed E-state index contributed by atoms with van der Waals surface area (Å²) in [5.74, 6) is -0.818. The first-order valence-corrected chi connectivity index (χ1v) is 10.5. The van der Waals surface area contributed by atoms with E-state index in [9.17, 15) is 14.7 Å². The third-order valence-corrected chi connectivity index (χ3v) is 5.06. The molecule has 172 valence electrons. The van der Waals surface area contributed by atoms with Gasteiger partial charge in [-0.05, 0) is 11.1 Å². The molecule has 0 aliphatic carbocycles. The summed E-state index contributed by atoms with van der Waals surface area (Å²) in [6.45, 7) is 3.01. The lowest BCUT2D eigenvalue weighted by molar-refractivity contribution is -0.276. The standard InChI is InChI=1S/C24H29NO7/c1-16(26)25-21-23(31-14-19-11-7-4-8-12-19)22(30-13-18-9-5-3-6-10-18)20(32-24(21)28)15-29-17(2)27/h3-12,20-24,28H,13-15H2,1-2H3,(H,25,26)/t20?,21?,22-,23?,24-/m1/s1. The van der Waals surface area contributed by atoms with E-state index >= 15 is 0 Å². The zero-order valence-electron chi connectivity index (χ0n) is 18.2. The number of carbonyl (C=O) groups excluding carboxylic acids is 2. The molecule has 5 atom stereocenters. The van der Waals surface area contributed by atoms with E-state index in [0.717, 1.165) is 11.1 Å². The predicted molar refractivity (Wildman–Crippen MR) is 115 cm³/mol. The molecule has 0 aromatic heterocycles. The number of aliphatic hydroxyl groups is 1. The largest absolute Gasteiger partial charge is 0.463 e. The van der Waals surface area contributed by atoms with Crippen LogP contribution in [-0.4, -0.2) is 54.2 Å². The van der Waals surface area contributed by atoms with Gasteiger partial charge in [0, 0.05) is 13.8 Å². The molecule has 0 spiro atoms. The lowest BCUT2D eigenvalue weighted by Gasteiger charge is -2.44. The number of ether oxygens (including phenoxy) is 4. The molecule has 1 saturated heterocycles. The van der Waals surface area contributed by atoms with Crippen LogP contribution >= 0.6 is 0 Å². The second kappa shape index (κ2) is 11.7. The van der Waals surface area contributed by atoms with Gasteiger partial charge in [-0.3, -0.25) is 9.59 Å². The minimum atomic E-state index is -1.36. The van der Waals surface area contributed by atoms with E-state index in [2.05, 4.69) is 5.32 Å². The third kappa shape index (κ3) is 6.86. The first-order valence-electron chi connectivity index (χ1n) is 10.5. The van der Waals surface area contributed by atoms with E-state index in [4.69, 9.17) is 18.9 Å². The molecule has 1 aliphatic heterocycles. The zero-order valence-corrected chi connectivity index (χ0v) is 18.2. The fourth-order valence-electron chi connectivity index (χ4n) is 3.58. The fraction of sp³-hybridized carbons (Fsp3) is 0.417. The number of carbonyl (C=O) groups is 2. The second-order valence-corrected chi connectivity index (χ2v) is 7.62. The molecule has 3 rings (SSSR count). The first kappa shape index (κ1) is 23.9. The Hall–Kier alpha value is -2.78. The molecule has 1 fully saturated rings. The number of esters is 1. The lowest BCUT2D eigenvalue weighted by atomic mass is 9.96. The van der Waals surface area contributed by atoms with Crippen molar-refractivity contribution in [1.82, 2.24) is 5.32 Å². The van der Waals surface area contributed by atoms with E-state index in [0.29, 0.717) is 0 Å². The van der Waals surface area contributed by atoms with Gasteiger partial charge in [0.1, 0.15) is 31.0 Å². The summed E-state index contributed by atoms with van der Waals surface area (Å²) in [4.78, 5) is 23.2. The molecule has 0 bridgehead atoms. The van der Waals surface area contributed by atoms with Gasteiger partial charge in [0.05, 0.1) is 13.2 Å². The van der Waals surface area contributed by atoms with Gasteiger partial charge < -0.3 is 29.4 Å². The van der Waals surface area contributed by atoms with Gasteiger partial charge >= 0.3 is 5.97 Å². The van der Waals surface area contributed by atoms with Gasteiger partial charge in [0.25, 0.3) is 0 Å². The van der Waals surface area contributed by atoms with Gasteiger partial charge in [-0.1, -0.05) is 60.7 Å². The summed E-state index contributed by atoms with van der Waals surface area (Å²) in [7, 11) is 0. The van der Waals surface area contributed by atoms with E-state index in [1.54, 1.807) is 0 Å². The highest BCUT2D eigenvalue weighted by Crippen LogP contribution is 2.27. The van der Waals surface area contributed by atoms with Crippen LogP contribution < -0.4 is 5.32 Å². The van der Waals surface area contributed by atoms with Crippen LogP contribution in [-0.2, 0) is 41.8 Å². The Morgan fingerprint density at radius 2 is 1.44 bits per heavy atom. The topological polar surface area (TPSA) is 103 Å². The molecule has 0 saturated carbocycles. The van der Waals surface area contributed by atoms with E-state index < -0.39 is 36.6 Å². The first-order chi connectivity index (χ1) is 15.4. The van der Waals surface area contributed by atoms with E-state index in [1.165, 1.54) is 13.8 Å². The second-order valence-electron chi connectivity index (χ2n) is 7.62. The average Bonchev–Trinajstić information content (AvgIpc) is 2.78. The van der Waals surface area contributed by atoms with Crippen LogP contribution in [0.3, 0.4) is 0 Å². The van der Waals surface area contributed by atoms with Crippen molar-refractivity contribution in [2.24, 2.45) is 0 Å². The molecule has 8 heteroatoms. The molecule has 0 radical (unpaired) electrons. The Labute approximate surface area is 187 Å². The van der Waals surface area contributed by atoms with Crippen LogP contribution in [0.1, 0.15) is 25.0 Å². The number of benzene rings is 2. The minimum Gasteiger partial charge on any atom is -0.463 e. The van der Waals surface area contributed by atoms with Crippen molar-refractivity contribution in [3.63, 3.8) is 0 Å². The number of hydrogen-bond donors (Lipinski definition) is 2. The molecule has 3 unspecified atom stereocenters. The van der Waals surface area contributed by atoms with Crippen LogP contribution in [0.2, 0.25) is 0 Å². The summed E-state index contributed by atoms with van der Waals surface area (Å²) in [6, 6.07) is 18.2. The Kier molecular flexibility index (Phi) is 8.75. The molecular weight excluding hydrogens is 414 g/mol. The monoisotopic (exact) mass is 443 g/mol. The van der Waals surface area contributed by atoms with Crippen LogP contribution in [0.4, 0.5) is 0 Å². The normalized spacial score (nSPS) is 25.2. The molecule has 2 aromatic carbocycles. The molecular formula is C24H29NO7. The van der Waals surface area contributed by atoms with Crippen molar-refractivity contribution in [3.8, 4) is 0 Å². The Balaban J connectivity index is 1.84. The van der Waals surface area contributed by atoms with Crippen LogP contribution in [0, 0.1) is 0 Å². The Morgan fingerprint density at radius 3 is 1.94 bits per heavy atom. The van der Waals surface area contributed by atoms with E-state index in [-0.39, 0.29) is 25.7 Å². The zero-order chi connectivity index (χ0) is 22.9. The predicted octanol–water partition coefficient (Wildman–Crippen LogP) is 1.94. The van der Waals surface area contributed by atoms with Gasteiger partial charge in [0.15, 0.2) is 6.29 Å². The maximum absolute atomic E-state index is 11.8. The van der Waals surface area contributed by atoms with Gasteiger partial charge in [-0.25, -0.2) is 0 Å². The van der Waals surface area contributed by atoms with Crippen molar-refractivity contribution < 1.29 is 33.6 Å². The molecule has 1 heterocycles. The Bertz CT molecular complexity index is 861. The lowest BCUT2D eigenvalue weighted by Crippen LogP contribution is -2.65. The summed E-state index contributed by atoms with van der Waals surface area (Å²) in [5.41, 5.74) is 1.86. The maximum atomic E-state index is 11.8. The smallest absolute Gasteiger partial charge is 0.302 e. The van der Waals surface area contributed by atoms with Crippen LogP contribution in [0.15, 0.2) is 60.7 Å². The molecule has 1 amide bonds. The van der Waals surface area contributed by atoms with Gasteiger partial charge in [0.2, 0.25) is 5.91 Å². The summed E-state index contributed by atoms with van der Waals surface area (Å²) >= 11 is 0. The van der Waals surface area contributed by atoms with Crippen LogP contribution in [0.5, 0.6) is 0 Å². The average molecular weight is 443 g/mol. The maximum Gasteiger partial charge on any atom is 0.302 e. The van der Waals surface area contributed by atoms with Gasteiger partial charge in [-0.15, -0.1) is 0 Å². The summed E-state index contributed by atoms with van der Waals surface area (Å²) in [6.07, 6.45) is -3.63. The number of amides is 1. The number of aliphatic hydroxyl groups excluding tert-OH is 1. The number of hydrogen-bond acceptors (Lipinski definition) is 7. The van der Waals surface area contributed by atoms with Crippen molar-refractivity contribution in [3.05, 3.63) is 71.8 Å². The molecule has 2 N–H and O–H groups in total. The molecule has 1 aliphatic rings. The Morgan fingerprint density at radius 1 is 0.906 bits per heavy atom. The fourth-order valence-corrected chi connectivity index (χ4v) is 3.58. The number of rotatable bonds is 9. The highest BCUT2D eigenvalue weighted by molar-refractivity contribution is 5.73. The highest BCUT2D eigenvalue weighted by atomic mass is 16.7. The minimum absolute atomic E-state index is 0.121. The molecule has 8 nitrogen and oxygen atoms in total. The summed E-state index contributed by atoms with van der Waals surface area (Å²) < 4.78 is 23.2. The SMILES string of the molecule is CC(=O)NC1C(OCc2ccccc2)[C@H](OCc2ccccc2)C(COC(C)=O)O[C@H]1O. The molecule has 32 heavy (non-hydrogen) atoms.